The molecule has 0 aliphatic heterocycles. The van der Waals surface area contributed by atoms with Crippen LogP contribution in [-0.2, 0) is 4.57 Å². The SMILES string of the molecule is O=P(CC(F)(F)F)(Oc1ccccc1)C1CCCCC1. The van der Waals surface area contributed by atoms with E-state index in [1.165, 1.54) is 0 Å². The predicted molar refractivity (Wildman–Crippen MR) is 72.5 cm³/mol. The minimum atomic E-state index is -4.47. The highest BCUT2D eigenvalue weighted by Gasteiger charge is 2.46. The second-order valence-corrected chi connectivity index (χ2v) is 7.88. The molecule has 1 fully saturated rings. The maximum Gasteiger partial charge on any atom is 0.399 e. The number of para-hydroxylation sites is 1. The minimum absolute atomic E-state index is 0.255. The Hall–Kier alpha value is -0.960. The zero-order valence-corrected chi connectivity index (χ0v) is 12.0. The van der Waals surface area contributed by atoms with E-state index >= 15 is 0 Å². The van der Waals surface area contributed by atoms with E-state index in [0.717, 1.165) is 19.3 Å². The van der Waals surface area contributed by atoms with Crippen molar-refractivity contribution in [1.82, 2.24) is 0 Å². The quantitative estimate of drug-likeness (QED) is 0.711. The highest BCUT2D eigenvalue weighted by atomic mass is 31.2. The van der Waals surface area contributed by atoms with Crippen LogP contribution in [-0.4, -0.2) is 18.0 Å². The summed E-state index contributed by atoms with van der Waals surface area (Å²) in [4.78, 5) is 0. The molecular weight excluding hydrogens is 288 g/mol. The van der Waals surface area contributed by atoms with Crippen molar-refractivity contribution in [2.75, 3.05) is 6.16 Å². The molecule has 0 N–H and O–H groups in total. The van der Waals surface area contributed by atoms with Crippen molar-refractivity contribution >= 4 is 7.37 Å². The summed E-state index contributed by atoms with van der Waals surface area (Å²) < 4.78 is 56.4. The van der Waals surface area contributed by atoms with Gasteiger partial charge in [0.1, 0.15) is 11.9 Å². The Morgan fingerprint density at radius 1 is 1.10 bits per heavy atom. The van der Waals surface area contributed by atoms with Crippen LogP contribution in [0.15, 0.2) is 30.3 Å². The van der Waals surface area contributed by atoms with Crippen molar-refractivity contribution in [3.8, 4) is 5.75 Å². The largest absolute Gasteiger partial charge is 0.442 e. The van der Waals surface area contributed by atoms with Crippen LogP contribution in [0.25, 0.3) is 0 Å². The molecule has 112 valence electrons. The molecule has 1 unspecified atom stereocenters. The van der Waals surface area contributed by atoms with E-state index in [1.54, 1.807) is 30.3 Å². The smallest absolute Gasteiger partial charge is 0.399 e. The zero-order valence-electron chi connectivity index (χ0n) is 11.1. The van der Waals surface area contributed by atoms with Crippen LogP contribution in [0.1, 0.15) is 32.1 Å². The summed E-state index contributed by atoms with van der Waals surface area (Å²) in [6.45, 7) is 0. The van der Waals surface area contributed by atoms with Gasteiger partial charge >= 0.3 is 6.18 Å². The van der Waals surface area contributed by atoms with Crippen LogP contribution in [0.3, 0.4) is 0 Å². The van der Waals surface area contributed by atoms with Gasteiger partial charge in [-0.3, -0.25) is 4.57 Å². The summed E-state index contributed by atoms with van der Waals surface area (Å²) in [5.74, 6) is 0.255. The van der Waals surface area contributed by atoms with Crippen molar-refractivity contribution < 1.29 is 22.3 Å². The summed E-state index contributed by atoms with van der Waals surface area (Å²) in [6, 6.07) is 8.15. The summed E-state index contributed by atoms with van der Waals surface area (Å²) >= 11 is 0. The number of benzene rings is 1. The molecule has 1 aromatic rings. The van der Waals surface area contributed by atoms with Crippen LogP contribution in [0.2, 0.25) is 0 Å². The lowest BCUT2D eigenvalue weighted by atomic mass is 10.0. The van der Waals surface area contributed by atoms with Gasteiger partial charge in [0.15, 0.2) is 0 Å². The summed E-state index contributed by atoms with van der Waals surface area (Å²) in [6.07, 6.45) is -2.05. The first-order valence-corrected chi connectivity index (χ1v) is 8.67. The molecule has 2 nitrogen and oxygen atoms in total. The summed E-state index contributed by atoms with van der Waals surface area (Å²) in [7, 11) is -3.76. The first kappa shape index (κ1) is 15.4. The Labute approximate surface area is 116 Å². The highest BCUT2D eigenvalue weighted by Crippen LogP contribution is 2.58. The number of rotatable bonds is 4. The monoisotopic (exact) mass is 306 g/mol. The second kappa shape index (κ2) is 6.21. The van der Waals surface area contributed by atoms with Crippen molar-refractivity contribution in [3.63, 3.8) is 0 Å². The Balaban J connectivity index is 2.21. The van der Waals surface area contributed by atoms with Crippen molar-refractivity contribution in [1.29, 1.82) is 0 Å². The van der Waals surface area contributed by atoms with Crippen LogP contribution in [0, 0.1) is 0 Å². The van der Waals surface area contributed by atoms with Gasteiger partial charge in [-0.15, -0.1) is 0 Å². The molecule has 1 saturated carbocycles. The number of halogens is 3. The van der Waals surface area contributed by atoms with Crippen LogP contribution in [0.5, 0.6) is 5.75 Å². The van der Waals surface area contributed by atoms with Crippen LogP contribution in [0.4, 0.5) is 13.2 Å². The molecule has 1 aromatic carbocycles. The first-order chi connectivity index (χ1) is 9.39. The third-order valence-corrected chi connectivity index (χ3v) is 6.48. The maximum atomic E-state index is 12.8. The van der Waals surface area contributed by atoms with Crippen molar-refractivity contribution in [2.24, 2.45) is 0 Å². The normalized spacial score (nSPS) is 20.4. The van der Waals surface area contributed by atoms with E-state index in [0.29, 0.717) is 12.8 Å². The van der Waals surface area contributed by atoms with Gasteiger partial charge in [0.2, 0.25) is 0 Å². The van der Waals surface area contributed by atoms with E-state index in [9.17, 15) is 17.7 Å². The van der Waals surface area contributed by atoms with E-state index in [4.69, 9.17) is 4.52 Å². The fourth-order valence-electron chi connectivity index (χ4n) is 2.62. The number of hydrogen-bond donors (Lipinski definition) is 0. The fraction of sp³-hybridized carbons (Fsp3) is 0.571. The van der Waals surface area contributed by atoms with Gasteiger partial charge in [-0.1, -0.05) is 37.5 Å². The van der Waals surface area contributed by atoms with Crippen LogP contribution < -0.4 is 4.52 Å². The lowest BCUT2D eigenvalue weighted by Gasteiger charge is -2.31. The van der Waals surface area contributed by atoms with Gasteiger partial charge in [0, 0.05) is 5.66 Å². The molecule has 1 aliphatic carbocycles. The summed E-state index contributed by atoms with van der Waals surface area (Å²) in [5.41, 5.74) is -0.474. The molecular formula is C14H18F3O2P. The molecule has 6 heteroatoms. The lowest BCUT2D eigenvalue weighted by Crippen LogP contribution is -2.25. The Morgan fingerprint density at radius 2 is 1.70 bits per heavy atom. The summed E-state index contributed by atoms with van der Waals surface area (Å²) in [5, 5.41) is 0. The molecule has 0 saturated heterocycles. The van der Waals surface area contributed by atoms with Crippen LogP contribution >= 0.6 is 7.37 Å². The number of alkyl halides is 3. The second-order valence-electron chi connectivity index (χ2n) is 5.20. The molecule has 0 bridgehead atoms. The van der Waals surface area contributed by atoms with Gasteiger partial charge in [-0.05, 0) is 25.0 Å². The highest BCUT2D eigenvalue weighted by molar-refractivity contribution is 7.60. The van der Waals surface area contributed by atoms with Gasteiger partial charge in [-0.2, -0.15) is 13.2 Å². The standard InChI is InChI=1S/C14H18F3O2P/c15-14(16,17)11-20(18,13-9-5-2-6-10-13)19-12-7-3-1-4-8-12/h1,3-4,7-8,13H,2,5-6,9-11H2. The van der Waals surface area contributed by atoms with Gasteiger partial charge in [0.05, 0.1) is 0 Å². The van der Waals surface area contributed by atoms with E-state index < -0.39 is 25.4 Å². The molecule has 2 rings (SSSR count). The molecule has 0 radical (unpaired) electrons. The number of hydrogen-bond acceptors (Lipinski definition) is 2. The van der Waals surface area contributed by atoms with Gasteiger partial charge < -0.3 is 4.52 Å². The third kappa shape index (κ3) is 4.27. The molecule has 1 atom stereocenters. The zero-order chi connectivity index (χ0) is 14.6. The third-order valence-electron chi connectivity index (χ3n) is 3.53. The molecule has 0 spiro atoms. The van der Waals surface area contributed by atoms with E-state index in [-0.39, 0.29) is 5.75 Å². The van der Waals surface area contributed by atoms with Crippen molar-refractivity contribution in [3.05, 3.63) is 30.3 Å². The molecule has 0 aromatic heterocycles. The predicted octanol–water partition coefficient (Wildman–Crippen LogP) is 5.24. The average molecular weight is 306 g/mol. The van der Waals surface area contributed by atoms with Gasteiger partial charge in [0.25, 0.3) is 7.37 Å². The van der Waals surface area contributed by atoms with E-state index in [1.807, 2.05) is 0 Å². The topological polar surface area (TPSA) is 26.3 Å². The maximum absolute atomic E-state index is 12.8. The Kier molecular flexibility index (Phi) is 4.79. The average Bonchev–Trinajstić information content (AvgIpc) is 2.39. The minimum Gasteiger partial charge on any atom is -0.442 e. The molecule has 20 heavy (non-hydrogen) atoms. The molecule has 1 aliphatic rings. The van der Waals surface area contributed by atoms with E-state index in [2.05, 4.69) is 0 Å². The first-order valence-electron chi connectivity index (χ1n) is 6.79. The Morgan fingerprint density at radius 3 is 2.25 bits per heavy atom. The molecule has 0 heterocycles. The van der Waals surface area contributed by atoms with Gasteiger partial charge in [-0.25, -0.2) is 0 Å². The lowest BCUT2D eigenvalue weighted by molar-refractivity contribution is -0.108. The Bertz CT molecular complexity index is 467. The molecule has 0 amide bonds. The van der Waals surface area contributed by atoms with Crippen molar-refractivity contribution in [2.45, 2.75) is 43.9 Å². The fourth-order valence-corrected chi connectivity index (χ4v) is 5.22.